The van der Waals surface area contributed by atoms with Crippen molar-refractivity contribution in [2.45, 2.75) is 12.4 Å². The zero-order valence-electron chi connectivity index (χ0n) is 18.4. The molecule has 2 aliphatic heterocycles. The molecule has 4 rings (SSSR count). The van der Waals surface area contributed by atoms with E-state index in [1.807, 2.05) is 17.0 Å². The maximum Gasteiger partial charge on any atom is 0.416 e. The second-order valence-corrected chi connectivity index (χ2v) is 8.05. The lowest BCUT2D eigenvalue weighted by Gasteiger charge is -2.35. The number of benzene rings is 1. The molecule has 0 saturated carbocycles. The van der Waals surface area contributed by atoms with E-state index in [1.165, 1.54) is 4.90 Å². The molecule has 0 aliphatic carbocycles. The number of amides is 2. The van der Waals surface area contributed by atoms with Gasteiger partial charge in [-0.1, -0.05) is 0 Å². The summed E-state index contributed by atoms with van der Waals surface area (Å²) in [6.45, 7) is 3.81. The summed E-state index contributed by atoms with van der Waals surface area (Å²) < 4.78 is 83.6. The highest BCUT2D eigenvalue weighted by Gasteiger charge is 2.37. The summed E-state index contributed by atoms with van der Waals surface area (Å²) in [5.41, 5.74) is -3.57. The normalized spacial score (nSPS) is 17.5. The van der Waals surface area contributed by atoms with E-state index < -0.39 is 35.2 Å². The van der Waals surface area contributed by atoms with Crippen LogP contribution in [0.5, 0.6) is 0 Å². The van der Waals surface area contributed by atoms with E-state index >= 15 is 0 Å². The first kappa shape index (κ1) is 24.8. The molecule has 1 N–H and O–H groups in total. The number of hydrogen-bond donors (Lipinski definition) is 1. The van der Waals surface area contributed by atoms with Crippen molar-refractivity contribution in [3.63, 3.8) is 0 Å². The monoisotopic (exact) mass is 504 g/mol. The van der Waals surface area contributed by atoms with E-state index in [9.17, 15) is 31.1 Å². The molecule has 2 amide bonds. The number of urea groups is 1. The Morgan fingerprint density at radius 3 is 1.71 bits per heavy atom. The van der Waals surface area contributed by atoms with E-state index in [0.29, 0.717) is 44.3 Å². The lowest BCUT2D eigenvalue weighted by molar-refractivity contribution is -0.143. The molecule has 35 heavy (non-hydrogen) atoms. The third-order valence-corrected chi connectivity index (χ3v) is 5.70. The van der Waals surface area contributed by atoms with Gasteiger partial charge in [-0.05, 0) is 30.3 Å². The van der Waals surface area contributed by atoms with Gasteiger partial charge in [-0.25, -0.2) is 4.79 Å². The Hall–Kier alpha value is -3.29. The Balaban J connectivity index is 1.37. The minimum atomic E-state index is -5.00. The average molecular weight is 504 g/mol. The summed E-state index contributed by atoms with van der Waals surface area (Å²) in [6, 6.07) is 3.85. The topological polar surface area (TPSA) is 73.8 Å². The third-order valence-electron chi connectivity index (χ3n) is 5.70. The highest BCUT2D eigenvalue weighted by molar-refractivity contribution is 5.89. The number of alkyl halides is 6. The molecule has 2 aromatic rings. The van der Waals surface area contributed by atoms with Crippen LogP contribution >= 0.6 is 0 Å². The number of morpholine rings is 1. The number of aromatic nitrogens is 2. The van der Waals surface area contributed by atoms with Crippen LogP contribution in [0.15, 0.2) is 30.3 Å². The van der Waals surface area contributed by atoms with Crippen molar-refractivity contribution >= 4 is 23.4 Å². The highest BCUT2D eigenvalue weighted by Crippen LogP contribution is 2.37. The number of ether oxygens (including phenoxy) is 1. The molecule has 2 saturated heterocycles. The molecule has 0 bridgehead atoms. The van der Waals surface area contributed by atoms with Crippen LogP contribution < -0.4 is 15.1 Å². The summed E-state index contributed by atoms with van der Waals surface area (Å²) >= 11 is 0. The Morgan fingerprint density at radius 2 is 1.26 bits per heavy atom. The van der Waals surface area contributed by atoms with Crippen LogP contribution in [0, 0.1) is 0 Å². The van der Waals surface area contributed by atoms with E-state index in [4.69, 9.17) is 4.74 Å². The Kier molecular flexibility index (Phi) is 6.92. The fourth-order valence-electron chi connectivity index (χ4n) is 3.82. The molecule has 190 valence electrons. The van der Waals surface area contributed by atoms with Crippen LogP contribution in [0.4, 0.5) is 48.5 Å². The summed E-state index contributed by atoms with van der Waals surface area (Å²) in [4.78, 5) is 17.8. The van der Waals surface area contributed by atoms with Crippen molar-refractivity contribution in [1.82, 2.24) is 15.1 Å². The molecule has 0 unspecified atom stereocenters. The highest BCUT2D eigenvalue weighted by atomic mass is 19.4. The van der Waals surface area contributed by atoms with Crippen LogP contribution in [0.2, 0.25) is 0 Å². The first-order chi connectivity index (χ1) is 16.5. The summed E-state index contributed by atoms with van der Waals surface area (Å²) in [7, 11) is 0. The SMILES string of the molecule is O=C(Nc1cc(C(F)(F)F)cc(C(F)(F)F)c1)N1CCN(c2ccc(N3CCOCC3)nn2)CC1. The molecular weight excluding hydrogens is 482 g/mol. The quantitative estimate of drug-likeness (QED) is 0.643. The smallest absolute Gasteiger partial charge is 0.378 e. The summed E-state index contributed by atoms with van der Waals surface area (Å²) in [6.07, 6.45) is -9.99. The van der Waals surface area contributed by atoms with Crippen LogP contribution in [-0.4, -0.2) is 73.6 Å². The number of piperazine rings is 1. The molecule has 14 heteroatoms. The predicted molar refractivity (Wildman–Crippen MR) is 114 cm³/mol. The van der Waals surface area contributed by atoms with E-state index in [0.717, 1.165) is 18.9 Å². The van der Waals surface area contributed by atoms with Gasteiger partial charge in [-0.3, -0.25) is 0 Å². The van der Waals surface area contributed by atoms with Crippen LogP contribution in [-0.2, 0) is 17.1 Å². The number of rotatable bonds is 3. The van der Waals surface area contributed by atoms with Crippen molar-refractivity contribution in [1.29, 1.82) is 0 Å². The number of halogens is 6. The molecule has 0 spiro atoms. The predicted octanol–water partition coefficient (Wildman–Crippen LogP) is 3.70. The molecule has 0 atom stereocenters. The van der Waals surface area contributed by atoms with E-state index in [-0.39, 0.29) is 19.2 Å². The van der Waals surface area contributed by atoms with Gasteiger partial charge in [0.05, 0.1) is 24.3 Å². The standard InChI is InChI=1S/C21H22F6N6O2/c22-20(23,24)14-11-15(21(25,26)27)13-16(12-14)28-19(34)33-5-3-31(4-6-33)17-1-2-18(30-29-17)32-7-9-35-10-8-32/h1-2,11-13H,3-10H2,(H,28,34). The largest absolute Gasteiger partial charge is 0.416 e. The van der Waals surface area contributed by atoms with Gasteiger partial charge in [0, 0.05) is 45.0 Å². The van der Waals surface area contributed by atoms with Crippen molar-refractivity contribution in [2.24, 2.45) is 0 Å². The van der Waals surface area contributed by atoms with Gasteiger partial charge in [0.15, 0.2) is 11.6 Å². The molecule has 2 fully saturated rings. The van der Waals surface area contributed by atoms with Crippen molar-refractivity contribution < 1.29 is 35.9 Å². The number of carbonyl (C=O) groups excluding carboxylic acids is 1. The van der Waals surface area contributed by atoms with Crippen molar-refractivity contribution in [2.75, 3.05) is 67.6 Å². The second-order valence-electron chi connectivity index (χ2n) is 8.05. The van der Waals surface area contributed by atoms with Crippen molar-refractivity contribution in [3.8, 4) is 0 Å². The Morgan fingerprint density at radius 1 is 0.771 bits per heavy atom. The Labute approximate surface area is 196 Å². The van der Waals surface area contributed by atoms with E-state index in [1.54, 1.807) is 0 Å². The molecular formula is C21H22F6N6O2. The molecule has 0 radical (unpaired) electrons. The lowest BCUT2D eigenvalue weighted by atomic mass is 10.1. The zero-order valence-corrected chi connectivity index (χ0v) is 18.4. The van der Waals surface area contributed by atoms with Gasteiger partial charge in [0.1, 0.15) is 0 Å². The third kappa shape index (κ3) is 6.05. The first-order valence-corrected chi connectivity index (χ1v) is 10.8. The van der Waals surface area contributed by atoms with Gasteiger partial charge in [-0.2, -0.15) is 26.3 Å². The fourth-order valence-corrected chi connectivity index (χ4v) is 3.82. The zero-order chi connectivity index (χ0) is 25.2. The summed E-state index contributed by atoms with van der Waals surface area (Å²) in [5, 5.41) is 10.6. The maximum absolute atomic E-state index is 13.0. The van der Waals surface area contributed by atoms with Crippen LogP contribution in [0.1, 0.15) is 11.1 Å². The number of carbonyl (C=O) groups is 1. The Bertz CT molecular complexity index is 1000. The molecule has 1 aromatic carbocycles. The van der Waals surface area contributed by atoms with Gasteiger partial charge in [0.25, 0.3) is 0 Å². The minimum absolute atomic E-state index is 0.0137. The van der Waals surface area contributed by atoms with Gasteiger partial charge in [0.2, 0.25) is 0 Å². The average Bonchev–Trinajstić information content (AvgIpc) is 2.83. The fraction of sp³-hybridized carbons (Fsp3) is 0.476. The molecule has 3 heterocycles. The van der Waals surface area contributed by atoms with E-state index in [2.05, 4.69) is 20.4 Å². The summed E-state index contributed by atoms with van der Waals surface area (Å²) in [5.74, 6) is 1.34. The van der Waals surface area contributed by atoms with Gasteiger partial charge < -0.3 is 24.8 Å². The van der Waals surface area contributed by atoms with Crippen LogP contribution in [0.25, 0.3) is 0 Å². The maximum atomic E-state index is 13.0. The minimum Gasteiger partial charge on any atom is -0.378 e. The molecule has 8 nitrogen and oxygen atoms in total. The number of anilines is 3. The first-order valence-electron chi connectivity index (χ1n) is 10.8. The molecule has 1 aromatic heterocycles. The lowest BCUT2D eigenvalue weighted by Crippen LogP contribution is -2.50. The number of nitrogens with one attached hydrogen (secondary N) is 1. The van der Waals surface area contributed by atoms with Crippen LogP contribution in [0.3, 0.4) is 0 Å². The van der Waals surface area contributed by atoms with Gasteiger partial charge >= 0.3 is 18.4 Å². The van der Waals surface area contributed by atoms with Gasteiger partial charge in [-0.15, -0.1) is 10.2 Å². The number of nitrogens with zero attached hydrogens (tertiary/aromatic N) is 5. The molecule has 2 aliphatic rings. The second kappa shape index (κ2) is 9.76. The number of hydrogen-bond acceptors (Lipinski definition) is 6. The van der Waals surface area contributed by atoms with Crippen molar-refractivity contribution in [3.05, 3.63) is 41.5 Å².